The van der Waals surface area contributed by atoms with Crippen molar-refractivity contribution in [2.75, 3.05) is 7.11 Å². The molecular formula is C3H5I2N3O2. The average molecular weight is 369 g/mol. The van der Waals surface area contributed by atoms with Crippen molar-refractivity contribution >= 4 is 37.2 Å². The first-order valence-electron chi connectivity index (χ1n) is 2.16. The maximum atomic E-state index is 10.2. The van der Waals surface area contributed by atoms with E-state index in [1.54, 1.807) is 0 Å². The Morgan fingerprint density at radius 3 is 2.40 bits per heavy atom. The summed E-state index contributed by atoms with van der Waals surface area (Å²) < 4.78 is 4.54. The van der Waals surface area contributed by atoms with Gasteiger partial charge in [-0.25, -0.2) is 9.89 Å². The van der Waals surface area contributed by atoms with E-state index in [2.05, 4.69) is 57.1 Å². The van der Waals surface area contributed by atoms with Gasteiger partial charge in [-0.1, -0.05) is 0 Å². The number of aromatic amines is 2. The number of nitrogens with zero attached hydrogens (tertiary/aromatic N) is 1. The van der Waals surface area contributed by atoms with Crippen molar-refractivity contribution in [3.05, 3.63) is 10.5 Å². The molecule has 5 nitrogen and oxygen atoms in total. The molecule has 0 aromatic carbocycles. The van der Waals surface area contributed by atoms with Gasteiger partial charge in [-0.15, -0.1) is 5.10 Å². The van der Waals surface area contributed by atoms with Crippen molar-refractivity contribution < 1.29 is 4.74 Å². The first-order valence-corrected chi connectivity index (χ1v) is 8.44. The molecule has 0 bridgehead atoms. The Morgan fingerprint density at radius 1 is 1.60 bits per heavy atom. The van der Waals surface area contributed by atoms with Gasteiger partial charge in [0.2, 0.25) is 0 Å². The van der Waals surface area contributed by atoms with Crippen molar-refractivity contribution in [3.8, 4) is 6.01 Å². The van der Waals surface area contributed by atoms with Crippen LogP contribution in [0.15, 0.2) is 4.79 Å². The molecule has 0 amide bonds. The van der Waals surface area contributed by atoms with Gasteiger partial charge in [-0.3, -0.25) is 4.98 Å². The molecule has 0 saturated heterocycles. The molecule has 7 heteroatoms. The second-order valence-electron chi connectivity index (χ2n) is 1.19. The van der Waals surface area contributed by atoms with Crippen LogP contribution in [0.1, 0.15) is 0 Å². The Hall–Kier alpha value is 0.200. The molecule has 0 atom stereocenters. The summed E-state index contributed by atoms with van der Waals surface area (Å²) in [6.07, 6.45) is 0. The molecule has 0 aliphatic rings. The van der Waals surface area contributed by atoms with Crippen LogP contribution in [-0.2, 0) is 0 Å². The molecule has 0 radical (unpaired) electrons. The van der Waals surface area contributed by atoms with Crippen LogP contribution < -0.4 is 10.4 Å². The van der Waals surface area contributed by atoms with Crippen molar-refractivity contribution in [3.63, 3.8) is 0 Å². The van der Waals surface area contributed by atoms with Gasteiger partial charge in [0.05, 0.1) is 7.11 Å². The summed E-state index contributed by atoms with van der Waals surface area (Å²) in [7, 11) is 1.42. The molecule has 0 spiro atoms. The van der Waals surface area contributed by atoms with Crippen LogP contribution in [0, 0.1) is 0 Å². The minimum Gasteiger partial charge on any atom is -0.467 e. The second kappa shape index (κ2) is 5.95. The average Bonchev–Trinajstić information content (AvgIpc) is 2.40. The van der Waals surface area contributed by atoms with Crippen molar-refractivity contribution in [2.45, 2.75) is 0 Å². The quantitative estimate of drug-likeness (QED) is 0.723. The Labute approximate surface area is 80.3 Å². The Morgan fingerprint density at radius 2 is 2.20 bits per heavy atom. The van der Waals surface area contributed by atoms with E-state index in [-0.39, 0.29) is 11.7 Å². The van der Waals surface area contributed by atoms with E-state index in [1.165, 1.54) is 7.11 Å². The van der Waals surface area contributed by atoms with Gasteiger partial charge in [0, 0.05) is 37.2 Å². The van der Waals surface area contributed by atoms with Gasteiger partial charge in [-0.05, 0) is 0 Å². The standard InChI is InChI=1S/C3H5N3O2.I2/c1-8-3-4-2(7)5-6-3;1-2/h1H3,(H2,4,5,6,7);. The van der Waals surface area contributed by atoms with E-state index >= 15 is 0 Å². The number of hydrogen-bond acceptors (Lipinski definition) is 3. The van der Waals surface area contributed by atoms with Crippen LogP contribution >= 0.6 is 37.2 Å². The molecule has 58 valence electrons. The van der Waals surface area contributed by atoms with Gasteiger partial charge < -0.3 is 4.74 Å². The number of H-pyrrole nitrogens is 2. The number of ether oxygens (including phenoxy) is 1. The highest BCUT2D eigenvalue weighted by molar-refractivity contribution is 15.0. The van der Waals surface area contributed by atoms with Crippen LogP contribution in [0.3, 0.4) is 0 Å². The smallest absolute Gasteiger partial charge is 0.343 e. The number of methoxy groups -OCH3 is 1. The predicted octanol–water partition coefficient (Wildman–Crippen LogP) is 0.878. The van der Waals surface area contributed by atoms with E-state index in [0.29, 0.717) is 0 Å². The summed E-state index contributed by atoms with van der Waals surface area (Å²) in [4.78, 5) is 12.5. The van der Waals surface area contributed by atoms with Crippen LogP contribution in [0.2, 0.25) is 0 Å². The summed E-state index contributed by atoms with van der Waals surface area (Å²) in [5.74, 6) is 0. The SMILES string of the molecule is COc1n[nH]c(=O)[nH]1.II. The molecule has 1 aromatic rings. The minimum absolute atomic E-state index is 0.204. The zero-order valence-corrected chi connectivity index (χ0v) is 9.33. The molecule has 0 aliphatic carbocycles. The summed E-state index contributed by atoms with van der Waals surface area (Å²) in [6, 6.07) is 0.204. The van der Waals surface area contributed by atoms with Crippen LogP contribution in [0.4, 0.5) is 0 Å². The van der Waals surface area contributed by atoms with Gasteiger partial charge in [-0.2, -0.15) is 0 Å². The van der Waals surface area contributed by atoms with Crippen LogP contribution in [-0.4, -0.2) is 22.3 Å². The number of nitrogens with one attached hydrogen (secondary N) is 2. The molecule has 2 N–H and O–H groups in total. The lowest BCUT2D eigenvalue weighted by Gasteiger charge is -1.83. The van der Waals surface area contributed by atoms with Gasteiger partial charge in [0.25, 0.3) is 0 Å². The molecule has 1 rings (SSSR count). The molecule has 0 unspecified atom stereocenters. The third-order valence-corrected chi connectivity index (χ3v) is 0.673. The largest absolute Gasteiger partial charge is 0.467 e. The summed E-state index contributed by atoms with van der Waals surface area (Å²) in [5, 5.41) is 5.55. The maximum absolute atomic E-state index is 10.2. The summed E-state index contributed by atoms with van der Waals surface area (Å²) in [6.45, 7) is 0. The molecule has 0 aliphatic heterocycles. The van der Waals surface area contributed by atoms with E-state index in [1.807, 2.05) is 0 Å². The van der Waals surface area contributed by atoms with Crippen molar-refractivity contribution in [1.82, 2.24) is 15.2 Å². The lowest BCUT2D eigenvalue weighted by Crippen LogP contribution is -2.00. The van der Waals surface area contributed by atoms with Gasteiger partial charge in [0.15, 0.2) is 0 Å². The zero-order valence-electron chi connectivity index (χ0n) is 5.02. The first kappa shape index (κ1) is 10.2. The first-order chi connectivity index (χ1) is 4.83. The lowest BCUT2D eigenvalue weighted by molar-refractivity contribution is 0.381. The summed E-state index contributed by atoms with van der Waals surface area (Å²) >= 11 is 4.24. The number of hydrogen-bond donors (Lipinski definition) is 2. The summed E-state index contributed by atoms with van der Waals surface area (Å²) in [5.41, 5.74) is -0.359. The zero-order chi connectivity index (χ0) is 7.98. The molecule has 1 aromatic heterocycles. The molecule has 0 fully saturated rings. The highest BCUT2D eigenvalue weighted by Crippen LogP contribution is 1.89. The van der Waals surface area contributed by atoms with E-state index < -0.39 is 0 Å². The number of halogens is 2. The van der Waals surface area contributed by atoms with Gasteiger partial charge >= 0.3 is 11.7 Å². The minimum atomic E-state index is -0.359. The van der Waals surface area contributed by atoms with Crippen molar-refractivity contribution in [2.24, 2.45) is 0 Å². The fraction of sp³-hybridized carbons (Fsp3) is 0.333. The number of aromatic nitrogens is 3. The molecule has 0 saturated carbocycles. The number of rotatable bonds is 1. The molecule has 1 heterocycles. The van der Waals surface area contributed by atoms with E-state index in [0.717, 1.165) is 0 Å². The molecular weight excluding hydrogens is 364 g/mol. The third-order valence-electron chi connectivity index (χ3n) is 0.673. The second-order valence-corrected chi connectivity index (χ2v) is 1.19. The van der Waals surface area contributed by atoms with Crippen molar-refractivity contribution in [1.29, 1.82) is 0 Å². The normalized spacial score (nSPS) is 7.90. The predicted molar refractivity (Wildman–Crippen MR) is 53.8 cm³/mol. The van der Waals surface area contributed by atoms with E-state index in [9.17, 15) is 4.79 Å². The maximum Gasteiger partial charge on any atom is 0.343 e. The Bertz CT molecular complexity index is 220. The Balaban J connectivity index is 0.000000371. The monoisotopic (exact) mass is 369 g/mol. The molecule has 10 heavy (non-hydrogen) atoms. The van der Waals surface area contributed by atoms with E-state index in [4.69, 9.17) is 0 Å². The topological polar surface area (TPSA) is 70.8 Å². The highest BCUT2D eigenvalue weighted by atomic mass is 128. The lowest BCUT2D eigenvalue weighted by atomic mass is 11.2. The highest BCUT2D eigenvalue weighted by Gasteiger charge is 1.90. The fourth-order valence-electron chi connectivity index (χ4n) is 0.351. The van der Waals surface area contributed by atoms with Gasteiger partial charge in [0.1, 0.15) is 0 Å². The van der Waals surface area contributed by atoms with Crippen LogP contribution in [0.5, 0.6) is 6.01 Å². The Kier molecular flexibility index (Phi) is 6.06. The fourth-order valence-corrected chi connectivity index (χ4v) is 0.351. The van der Waals surface area contributed by atoms with Crippen LogP contribution in [0.25, 0.3) is 0 Å². The third kappa shape index (κ3) is 3.39.